The zero-order valence-electron chi connectivity index (χ0n) is 22.8. The fourth-order valence-corrected chi connectivity index (χ4v) is 4.33. The number of hydrogen-bond donors (Lipinski definition) is 6. The number of hydrogen-bond acceptors (Lipinski definition) is 6. The quantitative estimate of drug-likeness (QED) is 0.0534. The molecule has 0 fully saturated rings. The lowest BCUT2D eigenvalue weighted by molar-refractivity contribution is -0.485. The van der Waals surface area contributed by atoms with Gasteiger partial charge in [0, 0.05) is 13.1 Å². The summed E-state index contributed by atoms with van der Waals surface area (Å²) >= 11 is 0. The Morgan fingerprint density at radius 2 is 1.43 bits per heavy atom. The fraction of sp³-hybridized carbons (Fsp3) is 0.241. The van der Waals surface area contributed by atoms with Gasteiger partial charge in [0.25, 0.3) is 5.96 Å². The number of carbonyl (C=O) groups excluding carboxylic acids is 3. The van der Waals surface area contributed by atoms with E-state index in [2.05, 4.69) is 21.1 Å². The molecule has 13 heteroatoms. The van der Waals surface area contributed by atoms with E-state index in [1.54, 1.807) is 24.3 Å². The number of primary amides is 1. The van der Waals surface area contributed by atoms with Crippen LogP contribution in [0.4, 0.5) is 0 Å². The van der Waals surface area contributed by atoms with Crippen LogP contribution >= 0.6 is 0 Å². The second-order valence-electron chi connectivity index (χ2n) is 9.45. The van der Waals surface area contributed by atoms with E-state index < -0.39 is 34.8 Å². The Morgan fingerprint density at radius 1 is 0.833 bits per heavy atom. The molecule has 0 spiro atoms. The van der Waals surface area contributed by atoms with Crippen molar-refractivity contribution in [2.75, 3.05) is 6.54 Å². The number of nitrogens with zero attached hydrogens (tertiary/aromatic N) is 2. The molecule has 0 saturated carbocycles. The summed E-state index contributed by atoms with van der Waals surface area (Å²) in [6, 6.07) is 23.3. The van der Waals surface area contributed by atoms with E-state index >= 15 is 0 Å². The van der Waals surface area contributed by atoms with Gasteiger partial charge in [0.15, 0.2) is 5.03 Å². The van der Waals surface area contributed by atoms with Crippen LogP contribution in [0.25, 0.3) is 0 Å². The molecule has 9 N–H and O–H groups in total. The van der Waals surface area contributed by atoms with Gasteiger partial charge >= 0.3 is 0 Å². The number of nitrogens with one attached hydrogen (secondary N) is 3. The second kappa shape index (κ2) is 15.5. The summed E-state index contributed by atoms with van der Waals surface area (Å²) in [5.74, 6) is -2.53. The summed E-state index contributed by atoms with van der Waals surface area (Å²) in [4.78, 5) is 49.1. The van der Waals surface area contributed by atoms with Crippen LogP contribution in [0.5, 0.6) is 0 Å². The highest BCUT2D eigenvalue weighted by atomic mass is 16.7. The lowest BCUT2D eigenvalue weighted by Gasteiger charge is -2.23. The minimum atomic E-state index is -0.987. The van der Waals surface area contributed by atoms with Gasteiger partial charge in [-0.3, -0.25) is 14.4 Å². The van der Waals surface area contributed by atoms with Gasteiger partial charge in [-0.2, -0.15) is 0 Å². The van der Waals surface area contributed by atoms with E-state index in [1.165, 1.54) is 0 Å². The number of hydrazone groups is 1. The standard InChI is InChI=1S/C29H34N8O5/c30-25(26(31)38)22-14-7-9-19(17-22)18-34-27(39)23(15-8-16-33-29(32)36-37(41)42)35-28(40)24(20-10-3-1-4-11-20)21-12-5-2-6-13-21/h1-7,9-14,17,23-25H,8,15-16,18,30H2,(H2,31,38)(H,34,39)(H,35,40)(H3,32,33,36)/t23-,25?/m1/s1. The molecule has 2 atom stereocenters. The number of rotatable bonds is 14. The molecular formula is C29H34N8O5. The number of amides is 3. The average Bonchev–Trinajstić information content (AvgIpc) is 2.98. The zero-order chi connectivity index (χ0) is 30.5. The summed E-state index contributed by atoms with van der Waals surface area (Å²) in [5.41, 5.74) is 19.3. The second-order valence-corrected chi connectivity index (χ2v) is 9.45. The first-order valence-corrected chi connectivity index (χ1v) is 13.2. The van der Waals surface area contributed by atoms with Gasteiger partial charge in [-0.05, 0) is 35.1 Å². The lowest BCUT2D eigenvalue weighted by Crippen LogP contribution is -2.48. The first-order chi connectivity index (χ1) is 20.2. The van der Waals surface area contributed by atoms with Crippen molar-refractivity contribution in [2.24, 2.45) is 22.3 Å². The smallest absolute Gasteiger partial charge is 0.266 e. The molecule has 3 aromatic rings. The van der Waals surface area contributed by atoms with E-state index in [9.17, 15) is 24.5 Å². The molecule has 0 aliphatic rings. The Bertz CT molecular complexity index is 1360. The van der Waals surface area contributed by atoms with Gasteiger partial charge in [0.05, 0.1) is 5.92 Å². The molecule has 42 heavy (non-hydrogen) atoms. The largest absolute Gasteiger partial charge is 0.368 e. The molecule has 0 radical (unpaired) electrons. The third-order valence-electron chi connectivity index (χ3n) is 6.41. The van der Waals surface area contributed by atoms with Crippen molar-refractivity contribution >= 4 is 23.7 Å². The number of nitrogens with two attached hydrogens (primary N) is 3. The minimum absolute atomic E-state index is 0.103. The first-order valence-electron chi connectivity index (χ1n) is 13.2. The molecule has 0 heterocycles. The van der Waals surface area contributed by atoms with Crippen LogP contribution in [-0.4, -0.2) is 41.3 Å². The lowest BCUT2D eigenvalue weighted by atomic mass is 9.90. The molecule has 3 aromatic carbocycles. The summed E-state index contributed by atoms with van der Waals surface area (Å²) in [6.45, 7) is 0.280. The molecule has 0 saturated heterocycles. The van der Waals surface area contributed by atoms with E-state index in [0.717, 1.165) is 11.1 Å². The van der Waals surface area contributed by atoms with E-state index in [-0.39, 0.29) is 31.4 Å². The Hall–Kier alpha value is -5.30. The van der Waals surface area contributed by atoms with E-state index in [4.69, 9.17) is 17.2 Å². The van der Waals surface area contributed by atoms with E-state index in [0.29, 0.717) is 17.5 Å². The normalized spacial score (nSPS) is 12.7. The molecule has 3 rings (SSSR count). The highest BCUT2D eigenvalue weighted by Gasteiger charge is 2.28. The highest BCUT2D eigenvalue weighted by Crippen LogP contribution is 2.25. The molecule has 0 aromatic heterocycles. The molecule has 0 aliphatic carbocycles. The van der Waals surface area contributed by atoms with Crippen LogP contribution in [-0.2, 0) is 20.9 Å². The van der Waals surface area contributed by atoms with Gasteiger partial charge in [0.1, 0.15) is 17.2 Å². The first kappa shape index (κ1) is 31.2. The Balaban J connectivity index is 1.77. The maximum Gasteiger partial charge on any atom is 0.266 e. The summed E-state index contributed by atoms with van der Waals surface area (Å²) in [7, 11) is 0. The molecule has 1 unspecified atom stereocenters. The molecule has 0 aliphatic heterocycles. The zero-order valence-corrected chi connectivity index (χ0v) is 22.8. The highest BCUT2D eigenvalue weighted by molar-refractivity contribution is 5.92. The van der Waals surface area contributed by atoms with Crippen LogP contribution in [0, 0.1) is 10.1 Å². The summed E-state index contributed by atoms with van der Waals surface area (Å²) in [5, 5.41) is 20.9. The number of benzene rings is 3. The maximum atomic E-state index is 13.7. The van der Waals surface area contributed by atoms with Crippen LogP contribution < -0.4 is 33.2 Å². The number of guanidine groups is 1. The van der Waals surface area contributed by atoms with Crippen molar-refractivity contribution in [3.05, 3.63) is 117 Å². The predicted molar refractivity (Wildman–Crippen MR) is 157 cm³/mol. The topological polar surface area (TPSA) is 221 Å². The third-order valence-corrected chi connectivity index (χ3v) is 6.41. The van der Waals surface area contributed by atoms with Crippen molar-refractivity contribution in [3.63, 3.8) is 0 Å². The summed E-state index contributed by atoms with van der Waals surface area (Å²) in [6.07, 6.45) is 0.524. The van der Waals surface area contributed by atoms with E-state index in [1.807, 2.05) is 60.7 Å². The van der Waals surface area contributed by atoms with Gasteiger partial charge in [-0.1, -0.05) is 84.9 Å². The number of nitro groups is 1. The van der Waals surface area contributed by atoms with Gasteiger partial charge < -0.3 is 33.2 Å². The minimum Gasteiger partial charge on any atom is -0.368 e. The van der Waals surface area contributed by atoms with Crippen molar-refractivity contribution in [1.29, 1.82) is 0 Å². The van der Waals surface area contributed by atoms with Crippen LogP contribution in [0.2, 0.25) is 0 Å². The van der Waals surface area contributed by atoms with Crippen LogP contribution in [0.1, 0.15) is 47.1 Å². The third kappa shape index (κ3) is 9.41. The Labute approximate surface area is 242 Å². The molecule has 220 valence electrons. The molecular weight excluding hydrogens is 540 g/mol. The molecule has 3 amide bonds. The monoisotopic (exact) mass is 574 g/mol. The van der Waals surface area contributed by atoms with Crippen molar-refractivity contribution in [2.45, 2.75) is 37.4 Å². The maximum absolute atomic E-state index is 13.7. The average molecular weight is 575 g/mol. The predicted octanol–water partition coefficient (Wildman–Crippen LogP) is 0.981. The summed E-state index contributed by atoms with van der Waals surface area (Å²) < 4.78 is 0. The van der Waals surface area contributed by atoms with Crippen LogP contribution in [0.15, 0.2) is 90.0 Å². The Kier molecular flexibility index (Phi) is 11.5. The van der Waals surface area contributed by atoms with Crippen molar-refractivity contribution in [3.8, 4) is 0 Å². The Morgan fingerprint density at radius 3 is 2.00 bits per heavy atom. The van der Waals surface area contributed by atoms with Gasteiger partial charge in [0.2, 0.25) is 17.7 Å². The van der Waals surface area contributed by atoms with Crippen LogP contribution in [0.3, 0.4) is 0 Å². The SMILES string of the molecule is NC(=O)C(N)c1cccc(CNC(=O)[C@@H](CCCN/C(N)=N\[N+](=O)[O-])NC(=O)C(c2ccccc2)c2ccccc2)c1. The van der Waals surface area contributed by atoms with Crippen molar-refractivity contribution < 1.29 is 19.4 Å². The van der Waals surface area contributed by atoms with Gasteiger partial charge in [-0.15, -0.1) is 0 Å². The fourth-order valence-electron chi connectivity index (χ4n) is 4.33. The molecule has 0 bridgehead atoms. The van der Waals surface area contributed by atoms with Gasteiger partial charge in [-0.25, -0.2) is 10.1 Å². The number of carbonyl (C=O) groups is 3. The van der Waals surface area contributed by atoms with Crippen molar-refractivity contribution in [1.82, 2.24) is 16.0 Å². The molecule has 13 nitrogen and oxygen atoms in total.